The minimum Gasteiger partial charge on any atom is -0.398 e. The van der Waals surface area contributed by atoms with E-state index < -0.39 is 0 Å². The number of nitrogens with zero attached hydrogens (tertiary/aromatic N) is 1. The Morgan fingerprint density at radius 1 is 1.47 bits per heavy atom. The minimum absolute atomic E-state index is 0.482. The number of nitrogens with two attached hydrogens (primary N) is 1. The maximum atomic E-state index is 6.03. The van der Waals surface area contributed by atoms with Gasteiger partial charge in [-0.2, -0.15) is 0 Å². The first-order valence-electron chi connectivity index (χ1n) is 7.30. The van der Waals surface area contributed by atoms with E-state index in [1.807, 2.05) is 12.3 Å². The summed E-state index contributed by atoms with van der Waals surface area (Å²) in [7, 11) is 0. The molecule has 1 aromatic heterocycles. The molecule has 0 amide bonds. The van der Waals surface area contributed by atoms with Crippen LogP contribution in [-0.2, 0) is 11.2 Å². The van der Waals surface area contributed by atoms with Crippen LogP contribution in [0.4, 0.5) is 5.69 Å². The maximum Gasteiger partial charge on any atom is 0.0469 e. The molecule has 4 nitrogen and oxygen atoms in total. The third-order valence-electron chi connectivity index (χ3n) is 3.87. The molecule has 0 spiro atoms. The van der Waals surface area contributed by atoms with Crippen LogP contribution >= 0.6 is 0 Å². The van der Waals surface area contributed by atoms with Crippen molar-refractivity contribution in [2.75, 3.05) is 25.5 Å². The second-order valence-corrected chi connectivity index (χ2v) is 5.29. The number of aromatic nitrogens is 1. The zero-order valence-electron chi connectivity index (χ0n) is 11.8. The van der Waals surface area contributed by atoms with E-state index in [2.05, 4.69) is 17.2 Å². The second kappa shape index (κ2) is 7.46. The summed E-state index contributed by atoms with van der Waals surface area (Å²) in [5.41, 5.74) is 8.04. The highest BCUT2D eigenvalue weighted by Crippen LogP contribution is 2.23. The van der Waals surface area contributed by atoms with Crippen LogP contribution in [0.1, 0.15) is 31.7 Å². The minimum atomic E-state index is 0.482. The van der Waals surface area contributed by atoms with Crippen molar-refractivity contribution in [1.82, 2.24) is 10.3 Å². The lowest BCUT2D eigenvalue weighted by atomic mass is 9.87. The lowest BCUT2D eigenvalue weighted by molar-refractivity contribution is 0.0538. The van der Waals surface area contributed by atoms with E-state index in [1.165, 1.54) is 0 Å². The Hall–Kier alpha value is -1.13. The van der Waals surface area contributed by atoms with Crippen LogP contribution in [0.2, 0.25) is 0 Å². The smallest absolute Gasteiger partial charge is 0.0469 e. The van der Waals surface area contributed by atoms with Crippen LogP contribution in [0.3, 0.4) is 0 Å². The summed E-state index contributed by atoms with van der Waals surface area (Å²) in [6.07, 6.45) is 8.05. The van der Waals surface area contributed by atoms with Crippen LogP contribution < -0.4 is 11.1 Å². The van der Waals surface area contributed by atoms with Gasteiger partial charge in [0.25, 0.3) is 0 Å². The normalized spacial score (nSPS) is 18.4. The highest BCUT2D eigenvalue weighted by molar-refractivity contribution is 5.44. The van der Waals surface area contributed by atoms with Crippen LogP contribution in [0.15, 0.2) is 18.5 Å². The summed E-state index contributed by atoms with van der Waals surface area (Å²) in [5, 5.41) is 3.68. The molecular weight excluding hydrogens is 238 g/mol. The summed E-state index contributed by atoms with van der Waals surface area (Å²) in [4.78, 5) is 4.19. The molecule has 2 heterocycles. The van der Waals surface area contributed by atoms with E-state index >= 15 is 0 Å². The van der Waals surface area contributed by atoms with E-state index in [0.717, 1.165) is 56.7 Å². The van der Waals surface area contributed by atoms with E-state index in [-0.39, 0.29) is 0 Å². The van der Waals surface area contributed by atoms with Crippen LogP contribution in [-0.4, -0.2) is 30.8 Å². The Labute approximate surface area is 115 Å². The van der Waals surface area contributed by atoms with E-state index in [9.17, 15) is 0 Å². The Morgan fingerprint density at radius 3 is 2.95 bits per heavy atom. The van der Waals surface area contributed by atoms with Crippen molar-refractivity contribution in [3.05, 3.63) is 24.0 Å². The monoisotopic (exact) mass is 263 g/mol. The molecule has 0 aromatic carbocycles. The average molecular weight is 263 g/mol. The third kappa shape index (κ3) is 4.18. The SMILES string of the molecule is CCCNC(Cc1cnccc1N)C1CCOCC1. The molecule has 1 aromatic rings. The van der Waals surface area contributed by atoms with Crippen LogP contribution in [0.5, 0.6) is 0 Å². The molecule has 3 N–H and O–H groups in total. The summed E-state index contributed by atoms with van der Waals surface area (Å²) < 4.78 is 5.46. The first-order valence-corrected chi connectivity index (χ1v) is 7.30. The van der Waals surface area contributed by atoms with Gasteiger partial charge in [-0.05, 0) is 49.8 Å². The average Bonchev–Trinajstić information content (AvgIpc) is 2.46. The first-order chi connectivity index (χ1) is 9.31. The molecule has 1 atom stereocenters. The molecule has 1 saturated heterocycles. The van der Waals surface area contributed by atoms with Gasteiger partial charge in [-0.15, -0.1) is 0 Å². The van der Waals surface area contributed by atoms with Crippen LogP contribution in [0.25, 0.3) is 0 Å². The third-order valence-corrected chi connectivity index (χ3v) is 3.87. The molecule has 1 aliphatic heterocycles. The second-order valence-electron chi connectivity index (χ2n) is 5.29. The summed E-state index contributed by atoms with van der Waals surface area (Å²) >= 11 is 0. The molecule has 2 rings (SSSR count). The largest absolute Gasteiger partial charge is 0.398 e. The number of rotatable bonds is 6. The van der Waals surface area contributed by atoms with Crippen molar-refractivity contribution in [3.63, 3.8) is 0 Å². The predicted octanol–water partition coefficient (Wildman–Crippen LogP) is 2.00. The first kappa shape index (κ1) is 14.3. The zero-order valence-corrected chi connectivity index (χ0v) is 11.8. The van der Waals surface area contributed by atoms with Crippen LogP contribution in [0, 0.1) is 5.92 Å². The van der Waals surface area contributed by atoms with Gasteiger partial charge in [0, 0.05) is 37.3 Å². The summed E-state index contributed by atoms with van der Waals surface area (Å²) in [6, 6.07) is 2.37. The van der Waals surface area contributed by atoms with Gasteiger partial charge in [-0.25, -0.2) is 0 Å². The topological polar surface area (TPSA) is 60.2 Å². The fourth-order valence-electron chi connectivity index (χ4n) is 2.70. The summed E-state index contributed by atoms with van der Waals surface area (Å²) in [5.74, 6) is 0.680. The fraction of sp³-hybridized carbons (Fsp3) is 0.667. The molecule has 1 unspecified atom stereocenters. The highest BCUT2D eigenvalue weighted by Gasteiger charge is 2.24. The highest BCUT2D eigenvalue weighted by atomic mass is 16.5. The number of ether oxygens (including phenoxy) is 1. The Balaban J connectivity index is 2.02. The molecule has 1 aliphatic rings. The predicted molar refractivity (Wildman–Crippen MR) is 78.0 cm³/mol. The quantitative estimate of drug-likeness (QED) is 0.824. The molecule has 0 aliphatic carbocycles. The fourth-order valence-corrected chi connectivity index (χ4v) is 2.70. The number of hydrogen-bond donors (Lipinski definition) is 2. The van der Waals surface area contributed by atoms with Crippen molar-refractivity contribution in [2.45, 2.75) is 38.6 Å². The molecule has 0 radical (unpaired) electrons. The molecule has 0 saturated carbocycles. The number of hydrogen-bond acceptors (Lipinski definition) is 4. The maximum absolute atomic E-state index is 6.03. The van der Waals surface area contributed by atoms with Gasteiger partial charge in [-0.3, -0.25) is 4.98 Å². The van der Waals surface area contributed by atoms with Crippen molar-refractivity contribution >= 4 is 5.69 Å². The number of nitrogen functional groups attached to an aromatic ring is 1. The van der Waals surface area contributed by atoms with Crippen molar-refractivity contribution < 1.29 is 4.74 Å². The van der Waals surface area contributed by atoms with Gasteiger partial charge in [0.05, 0.1) is 0 Å². The Kier molecular flexibility index (Phi) is 5.61. The van der Waals surface area contributed by atoms with Gasteiger partial charge in [0.15, 0.2) is 0 Å². The van der Waals surface area contributed by atoms with Crippen molar-refractivity contribution in [3.8, 4) is 0 Å². The van der Waals surface area contributed by atoms with Gasteiger partial charge < -0.3 is 15.8 Å². The Bertz CT molecular complexity index is 377. The number of pyridine rings is 1. The number of anilines is 1. The lowest BCUT2D eigenvalue weighted by Gasteiger charge is -2.31. The van der Waals surface area contributed by atoms with E-state index in [1.54, 1.807) is 6.20 Å². The summed E-state index contributed by atoms with van der Waals surface area (Å²) in [6.45, 7) is 5.03. The van der Waals surface area contributed by atoms with Crippen molar-refractivity contribution in [2.24, 2.45) is 5.92 Å². The van der Waals surface area contributed by atoms with Gasteiger partial charge in [0.1, 0.15) is 0 Å². The van der Waals surface area contributed by atoms with Gasteiger partial charge in [-0.1, -0.05) is 6.92 Å². The molecule has 4 heteroatoms. The van der Waals surface area contributed by atoms with Gasteiger partial charge >= 0.3 is 0 Å². The lowest BCUT2D eigenvalue weighted by Crippen LogP contribution is -2.41. The molecule has 19 heavy (non-hydrogen) atoms. The standard InChI is InChI=1S/C15H25N3O/c1-2-6-18-15(12-4-8-19-9-5-12)10-13-11-17-7-3-14(13)16/h3,7,11-12,15,18H,2,4-6,8-10H2,1H3,(H2,16,17). The zero-order chi connectivity index (χ0) is 13.5. The van der Waals surface area contributed by atoms with E-state index in [4.69, 9.17) is 10.5 Å². The molecule has 1 fully saturated rings. The molecular formula is C15H25N3O. The van der Waals surface area contributed by atoms with Crippen molar-refractivity contribution in [1.29, 1.82) is 0 Å². The molecule has 0 bridgehead atoms. The number of nitrogens with one attached hydrogen (secondary N) is 1. The molecule has 106 valence electrons. The Morgan fingerprint density at radius 2 is 2.26 bits per heavy atom. The van der Waals surface area contributed by atoms with Gasteiger partial charge in [0.2, 0.25) is 0 Å². The van der Waals surface area contributed by atoms with E-state index in [0.29, 0.717) is 12.0 Å².